The summed E-state index contributed by atoms with van der Waals surface area (Å²) in [6, 6.07) is 0. The maximum absolute atomic E-state index is 3.58. The van der Waals surface area contributed by atoms with E-state index < -0.39 is 0 Å². The summed E-state index contributed by atoms with van der Waals surface area (Å²) >= 11 is 0. The highest BCUT2D eigenvalue weighted by Crippen LogP contribution is 2.30. The van der Waals surface area contributed by atoms with Gasteiger partial charge in [-0.15, -0.1) is 0 Å². The maximum atomic E-state index is 3.58. The fourth-order valence-corrected chi connectivity index (χ4v) is 2.20. The topological polar surface area (TPSA) is 15.3 Å². The molecule has 0 amide bonds. The Morgan fingerprint density at radius 2 is 2.00 bits per heavy atom. The molecule has 2 saturated heterocycles. The van der Waals surface area contributed by atoms with E-state index in [0.717, 1.165) is 0 Å². The van der Waals surface area contributed by atoms with Gasteiger partial charge in [0.1, 0.15) is 0 Å². The first kappa shape index (κ1) is 7.56. The van der Waals surface area contributed by atoms with Gasteiger partial charge in [0.25, 0.3) is 0 Å². The second kappa shape index (κ2) is 2.76. The second-order valence-electron chi connectivity index (χ2n) is 3.89. The second-order valence-corrected chi connectivity index (χ2v) is 3.89. The Bertz CT molecular complexity index is 135. The minimum absolute atomic E-state index is 0. The Morgan fingerprint density at radius 3 is 2.36 bits per heavy atom. The first-order valence-corrected chi connectivity index (χ1v) is 4.82. The molecular weight excluding hydrogens is 136 g/mol. The van der Waals surface area contributed by atoms with E-state index in [0.29, 0.717) is 5.54 Å². The zero-order chi connectivity index (χ0) is 7.73. The van der Waals surface area contributed by atoms with Crippen molar-refractivity contribution >= 4 is 0 Å². The predicted molar refractivity (Wildman–Crippen MR) is 48.8 cm³/mol. The largest absolute Gasteiger partial charge is 0.311 e. The van der Waals surface area contributed by atoms with Gasteiger partial charge in [0, 0.05) is 6.97 Å². The summed E-state index contributed by atoms with van der Waals surface area (Å²) in [5.74, 6) is 0. The predicted octanol–water partition coefficient (Wildman–Crippen LogP) is 1.08. The van der Waals surface area contributed by atoms with E-state index in [4.69, 9.17) is 0 Å². The van der Waals surface area contributed by atoms with Crippen LogP contribution >= 0.6 is 0 Å². The summed E-state index contributed by atoms with van der Waals surface area (Å²) in [7, 11) is 0. The van der Waals surface area contributed by atoms with E-state index in [1.807, 2.05) is 0 Å². The van der Waals surface area contributed by atoms with Crippen LogP contribution in [0.25, 0.3) is 0 Å². The lowest BCUT2D eigenvalue weighted by atomic mass is 9.79. The van der Waals surface area contributed by atoms with Crippen LogP contribution in [0.15, 0.2) is 0 Å². The number of nitrogens with one attached hydrogen (secondary N) is 1. The van der Waals surface area contributed by atoms with Crippen LogP contribution in [0.1, 0.15) is 27.6 Å². The molecule has 2 heteroatoms. The Hall–Kier alpha value is -0.0800. The van der Waals surface area contributed by atoms with Crippen molar-refractivity contribution in [1.29, 1.82) is 0 Å². The molecule has 0 saturated carbocycles. The first-order chi connectivity index (χ1) is 5.35. The van der Waals surface area contributed by atoms with E-state index in [1.54, 1.807) is 0 Å². The SMILES string of the molecule is CCN1CCC2(CCN2)CC1.[HH]. The van der Waals surface area contributed by atoms with Crippen molar-refractivity contribution in [2.24, 2.45) is 0 Å². The van der Waals surface area contributed by atoms with Gasteiger partial charge >= 0.3 is 0 Å². The van der Waals surface area contributed by atoms with E-state index in [2.05, 4.69) is 17.1 Å². The van der Waals surface area contributed by atoms with Crippen LogP contribution in [0, 0.1) is 0 Å². The molecule has 2 nitrogen and oxygen atoms in total. The molecule has 66 valence electrons. The molecule has 0 unspecified atom stereocenters. The van der Waals surface area contributed by atoms with Crippen LogP contribution in [0.4, 0.5) is 0 Å². The molecule has 11 heavy (non-hydrogen) atoms. The zero-order valence-electron chi connectivity index (χ0n) is 7.40. The number of piperidine rings is 1. The first-order valence-electron chi connectivity index (χ1n) is 4.82. The highest BCUT2D eigenvalue weighted by molar-refractivity contribution is 4.99. The lowest BCUT2D eigenvalue weighted by Crippen LogP contribution is -2.61. The molecule has 1 N–H and O–H groups in total. The van der Waals surface area contributed by atoms with Crippen LogP contribution in [0.3, 0.4) is 0 Å². The van der Waals surface area contributed by atoms with E-state index in [9.17, 15) is 0 Å². The van der Waals surface area contributed by atoms with Gasteiger partial charge in [-0.25, -0.2) is 0 Å². The van der Waals surface area contributed by atoms with Gasteiger partial charge in [-0.05, 0) is 45.4 Å². The number of rotatable bonds is 1. The average molecular weight is 156 g/mol. The Labute approximate surface area is 70.4 Å². The molecule has 0 aromatic rings. The lowest BCUT2D eigenvalue weighted by molar-refractivity contribution is 0.0882. The molecule has 1 spiro atoms. The number of likely N-dealkylation sites (tertiary alicyclic amines) is 1. The molecule has 2 aliphatic rings. The lowest BCUT2D eigenvalue weighted by Gasteiger charge is -2.48. The molecule has 2 fully saturated rings. The third-order valence-corrected chi connectivity index (χ3v) is 3.36. The quantitative estimate of drug-likeness (QED) is 0.611. The monoisotopic (exact) mass is 156 g/mol. The van der Waals surface area contributed by atoms with Crippen molar-refractivity contribution in [3.05, 3.63) is 0 Å². The summed E-state index contributed by atoms with van der Waals surface area (Å²) in [6.07, 6.45) is 4.17. The number of nitrogens with zero attached hydrogens (tertiary/aromatic N) is 1. The molecule has 2 aliphatic heterocycles. The molecule has 0 aromatic heterocycles. The number of hydrogen-bond donors (Lipinski definition) is 1. The Balaban J connectivity index is 0.000000720. The fourth-order valence-electron chi connectivity index (χ4n) is 2.20. The van der Waals surface area contributed by atoms with E-state index in [-0.39, 0.29) is 1.43 Å². The highest BCUT2D eigenvalue weighted by atomic mass is 15.2. The third-order valence-electron chi connectivity index (χ3n) is 3.36. The summed E-state index contributed by atoms with van der Waals surface area (Å²) in [5.41, 5.74) is 0.589. The molecule has 2 rings (SSSR count). The van der Waals surface area contributed by atoms with Crippen molar-refractivity contribution in [1.82, 2.24) is 10.2 Å². The van der Waals surface area contributed by atoms with Crippen LogP contribution in [0.5, 0.6) is 0 Å². The molecule has 0 atom stereocenters. The normalized spacial score (nSPS) is 30.3. The minimum atomic E-state index is 0. The van der Waals surface area contributed by atoms with Gasteiger partial charge in [0.05, 0.1) is 0 Å². The van der Waals surface area contributed by atoms with Crippen molar-refractivity contribution in [2.75, 3.05) is 26.2 Å². The molecular formula is C9H20N2. The fraction of sp³-hybridized carbons (Fsp3) is 1.00. The summed E-state index contributed by atoms with van der Waals surface area (Å²) in [5, 5.41) is 3.58. The van der Waals surface area contributed by atoms with Crippen LogP contribution in [-0.4, -0.2) is 36.6 Å². The molecule has 0 aromatic carbocycles. The van der Waals surface area contributed by atoms with Gasteiger partial charge in [0.15, 0.2) is 0 Å². The summed E-state index contributed by atoms with van der Waals surface area (Å²) in [6.45, 7) is 7.36. The standard InChI is InChI=1S/C9H18N2.H2/c1-2-11-7-4-9(5-8-11)3-6-10-9;/h10H,2-8H2,1H3;1H. The van der Waals surface area contributed by atoms with E-state index >= 15 is 0 Å². The average Bonchev–Trinajstić information content (AvgIpc) is 2.02. The maximum Gasteiger partial charge on any atom is 0.0217 e. The number of hydrogen-bond acceptors (Lipinski definition) is 2. The van der Waals surface area contributed by atoms with Gasteiger partial charge in [0.2, 0.25) is 0 Å². The van der Waals surface area contributed by atoms with Crippen LogP contribution in [0.2, 0.25) is 0 Å². The van der Waals surface area contributed by atoms with Crippen molar-refractivity contribution in [3.8, 4) is 0 Å². The van der Waals surface area contributed by atoms with Gasteiger partial charge < -0.3 is 10.2 Å². The smallest absolute Gasteiger partial charge is 0.0217 e. The Kier molecular flexibility index (Phi) is 1.90. The van der Waals surface area contributed by atoms with Gasteiger partial charge in [-0.2, -0.15) is 0 Å². The van der Waals surface area contributed by atoms with Crippen molar-refractivity contribution < 1.29 is 1.43 Å². The van der Waals surface area contributed by atoms with Crippen LogP contribution in [-0.2, 0) is 0 Å². The Morgan fingerprint density at radius 1 is 1.36 bits per heavy atom. The summed E-state index contributed by atoms with van der Waals surface area (Å²) < 4.78 is 0. The molecule has 0 aliphatic carbocycles. The zero-order valence-corrected chi connectivity index (χ0v) is 7.40. The van der Waals surface area contributed by atoms with Crippen molar-refractivity contribution in [2.45, 2.75) is 31.7 Å². The molecule has 0 radical (unpaired) electrons. The van der Waals surface area contributed by atoms with E-state index in [1.165, 1.54) is 45.4 Å². The third kappa shape index (κ3) is 1.30. The van der Waals surface area contributed by atoms with Gasteiger partial charge in [-0.3, -0.25) is 0 Å². The highest BCUT2D eigenvalue weighted by Gasteiger charge is 2.38. The summed E-state index contributed by atoms with van der Waals surface area (Å²) in [4.78, 5) is 2.55. The van der Waals surface area contributed by atoms with Crippen molar-refractivity contribution in [3.63, 3.8) is 0 Å². The minimum Gasteiger partial charge on any atom is -0.311 e. The molecule has 2 heterocycles. The van der Waals surface area contributed by atoms with Gasteiger partial charge in [-0.1, -0.05) is 6.92 Å². The van der Waals surface area contributed by atoms with Crippen LogP contribution < -0.4 is 5.32 Å². The molecule has 0 bridgehead atoms.